The molecule has 1 aliphatic carbocycles. The van der Waals surface area contributed by atoms with Crippen LogP contribution in [0.3, 0.4) is 0 Å². The predicted octanol–water partition coefficient (Wildman–Crippen LogP) is 3.27. The Balaban J connectivity index is 1.94. The number of hydrogen-bond donors (Lipinski definition) is 3. The number of carboxylic acids is 1. The quantitative estimate of drug-likeness (QED) is 0.775. The van der Waals surface area contributed by atoms with Gasteiger partial charge >= 0.3 is 12.0 Å². The molecular weight excluding hydrogens is 343 g/mol. The first-order valence-electron chi connectivity index (χ1n) is 6.62. The molecule has 2 rings (SSSR count). The molecule has 0 bridgehead atoms. The summed E-state index contributed by atoms with van der Waals surface area (Å²) >= 11 is 3.07. The van der Waals surface area contributed by atoms with Crippen LogP contribution in [0.1, 0.15) is 24.8 Å². The number of urea groups is 1. The fourth-order valence-electron chi connectivity index (χ4n) is 2.46. The van der Waals surface area contributed by atoms with Crippen LogP contribution in [0.15, 0.2) is 16.6 Å². The van der Waals surface area contributed by atoms with Crippen LogP contribution in [0.4, 0.5) is 14.9 Å². The van der Waals surface area contributed by atoms with Crippen molar-refractivity contribution in [2.45, 2.75) is 32.2 Å². The van der Waals surface area contributed by atoms with Crippen LogP contribution in [0.5, 0.6) is 0 Å². The number of amides is 2. The van der Waals surface area contributed by atoms with E-state index in [0.717, 1.165) is 0 Å². The Morgan fingerprint density at radius 3 is 2.71 bits per heavy atom. The number of nitrogens with one attached hydrogen (secondary N) is 2. The Hall–Kier alpha value is -1.63. The number of aryl methyl sites for hydroxylation is 1. The van der Waals surface area contributed by atoms with Crippen LogP contribution in [-0.2, 0) is 4.79 Å². The first kappa shape index (κ1) is 15.8. The number of anilines is 1. The summed E-state index contributed by atoms with van der Waals surface area (Å²) in [6.45, 7) is 1.70. The molecule has 2 atom stereocenters. The van der Waals surface area contributed by atoms with Crippen molar-refractivity contribution in [3.05, 3.63) is 28.0 Å². The lowest BCUT2D eigenvalue weighted by molar-refractivity contribution is -0.141. The molecule has 21 heavy (non-hydrogen) atoms. The van der Waals surface area contributed by atoms with Crippen LogP contribution < -0.4 is 10.6 Å². The first-order valence-corrected chi connectivity index (χ1v) is 7.42. The van der Waals surface area contributed by atoms with Crippen molar-refractivity contribution in [1.82, 2.24) is 5.32 Å². The number of benzene rings is 1. The zero-order chi connectivity index (χ0) is 15.6. The number of carbonyl (C=O) groups is 2. The van der Waals surface area contributed by atoms with E-state index in [-0.39, 0.29) is 10.5 Å². The van der Waals surface area contributed by atoms with Gasteiger partial charge in [-0.25, -0.2) is 9.18 Å². The van der Waals surface area contributed by atoms with Crippen molar-refractivity contribution in [1.29, 1.82) is 0 Å². The highest BCUT2D eigenvalue weighted by Gasteiger charge is 2.30. The molecule has 2 amide bonds. The van der Waals surface area contributed by atoms with E-state index in [2.05, 4.69) is 26.6 Å². The first-order chi connectivity index (χ1) is 9.86. The molecule has 1 aliphatic rings. The Kier molecular flexibility index (Phi) is 4.82. The molecule has 1 fully saturated rings. The Labute approximate surface area is 130 Å². The van der Waals surface area contributed by atoms with Crippen molar-refractivity contribution in [2.75, 3.05) is 5.32 Å². The third-order valence-corrected chi connectivity index (χ3v) is 4.24. The van der Waals surface area contributed by atoms with Gasteiger partial charge < -0.3 is 15.7 Å². The van der Waals surface area contributed by atoms with Gasteiger partial charge in [0.2, 0.25) is 0 Å². The largest absolute Gasteiger partial charge is 0.481 e. The van der Waals surface area contributed by atoms with E-state index >= 15 is 0 Å². The number of rotatable bonds is 3. The second kappa shape index (κ2) is 6.43. The molecule has 0 radical (unpaired) electrons. The van der Waals surface area contributed by atoms with Crippen molar-refractivity contribution in [3.63, 3.8) is 0 Å². The van der Waals surface area contributed by atoms with Gasteiger partial charge in [-0.3, -0.25) is 4.79 Å². The van der Waals surface area contributed by atoms with Crippen LogP contribution in [0.25, 0.3) is 0 Å². The lowest BCUT2D eigenvalue weighted by Crippen LogP contribution is -2.36. The second-order valence-electron chi connectivity index (χ2n) is 5.22. The van der Waals surface area contributed by atoms with Crippen molar-refractivity contribution < 1.29 is 19.1 Å². The van der Waals surface area contributed by atoms with Gasteiger partial charge in [-0.1, -0.05) is 0 Å². The number of aliphatic carboxylic acids is 1. The Morgan fingerprint density at radius 1 is 1.38 bits per heavy atom. The maximum absolute atomic E-state index is 13.3. The van der Waals surface area contributed by atoms with E-state index in [1.54, 1.807) is 6.92 Å². The van der Waals surface area contributed by atoms with Crippen LogP contribution >= 0.6 is 15.9 Å². The fourth-order valence-corrected chi connectivity index (χ4v) is 2.81. The van der Waals surface area contributed by atoms with E-state index in [1.165, 1.54) is 12.1 Å². The van der Waals surface area contributed by atoms with E-state index in [1.807, 2.05) is 0 Å². The van der Waals surface area contributed by atoms with Gasteiger partial charge in [-0.05, 0) is 59.8 Å². The zero-order valence-corrected chi connectivity index (χ0v) is 13.0. The normalized spacial score (nSPS) is 21.1. The molecule has 0 aliphatic heterocycles. The molecule has 0 spiro atoms. The standard InChI is InChI=1S/C14H16BrFN2O3/c1-7-4-11(16)10(15)6-12(7)18-14(21)17-9-3-2-8(5-9)13(19)20/h4,6,8-9H,2-3,5H2,1H3,(H,19,20)(H2,17,18,21)/t8-,9+/m1/s1. The van der Waals surface area contributed by atoms with Gasteiger partial charge in [0.05, 0.1) is 10.4 Å². The number of carbonyl (C=O) groups excluding carboxylic acids is 1. The monoisotopic (exact) mass is 358 g/mol. The van der Waals surface area contributed by atoms with Crippen LogP contribution in [0, 0.1) is 18.7 Å². The molecule has 0 heterocycles. The number of carboxylic acid groups (broad SMARTS) is 1. The average Bonchev–Trinajstić information content (AvgIpc) is 2.84. The third kappa shape index (κ3) is 3.93. The van der Waals surface area contributed by atoms with E-state index < -0.39 is 23.7 Å². The predicted molar refractivity (Wildman–Crippen MR) is 79.8 cm³/mol. The minimum Gasteiger partial charge on any atom is -0.481 e. The molecule has 1 saturated carbocycles. The summed E-state index contributed by atoms with van der Waals surface area (Å²) in [5, 5.41) is 14.3. The lowest BCUT2D eigenvalue weighted by Gasteiger charge is -2.15. The minimum atomic E-state index is -0.821. The molecule has 7 heteroatoms. The fraction of sp³-hybridized carbons (Fsp3) is 0.429. The molecule has 1 aromatic rings. The molecule has 5 nitrogen and oxygen atoms in total. The van der Waals surface area contributed by atoms with Crippen LogP contribution in [-0.4, -0.2) is 23.1 Å². The van der Waals surface area contributed by atoms with Gasteiger partial charge in [-0.15, -0.1) is 0 Å². The highest BCUT2D eigenvalue weighted by molar-refractivity contribution is 9.10. The SMILES string of the molecule is Cc1cc(F)c(Br)cc1NC(=O)N[C@H]1CC[C@@H](C(=O)O)C1. The maximum atomic E-state index is 13.3. The van der Waals surface area contributed by atoms with E-state index in [9.17, 15) is 14.0 Å². The maximum Gasteiger partial charge on any atom is 0.319 e. The average molecular weight is 359 g/mol. The molecule has 0 unspecified atom stereocenters. The Morgan fingerprint density at radius 2 is 2.10 bits per heavy atom. The van der Waals surface area contributed by atoms with Gasteiger partial charge in [0.15, 0.2) is 0 Å². The summed E-state index contributed by atoms with van der Waals surface area (Å²) in [4.78, 5) is 22.8. The van der Waals surface area contributed by atoms with Gasteiger partial charge in [-0.2, -0.15) is 0 Å². The van der Waals surface area contributed by atoms with Gasteiger partial charge in [0.25, 0.3) is 0 Å². The minimum absolute atomic E-state index is 0.143. The zero-order valence-electron chi connectivity index (χ0n) is 11.5. The van der Waals surface area contributed by atoms with Gasteiger partial charge in [0, 0.05) is 11.7 Å². The number of hydrogen-bond acceptors (Lipinski definition) is 2. The molecule has 0 saturated heterocycles. The summed E-state index contributed by atoms with van der Waals surface area (Å²) in [5.74, 6) is -1.60. The summed E-state index contributed by atoms with van der Waals surface area (Å²) in [6.07, 6.45) is 1.66. The topological polar surface area (TPSA) is 78.4 Å². The lowest BCUT2D eigenvalue weighted by atomic mass is 10.1. The van der Waals surface area contributed by atoms with E-state index in [0.29, 0.717) is 30.5 Å². The molecule has 3 N–H and O–H groups in total. The summed E-state index contributed by atoms with van der Waals surface area (Å²) in [5.41, 5.74) is 1.12. The van der Waals surface area contributed by atoms with Crippen molar-refractivity contribution in [2.24, 2.45) is 5.92 Å². The van der Waals surface area contributed by atoms with Crippen molar-refractivity contribution in [3.8, 4) is 0 Å². The van der Waals surface area contributed by atoms with Gasteiger partial charge in [0.1, 0.15) is 5.82 Å². The third-order valence-electron chi connectivity index (χ3n) is 3.63. The molecular formula is C14H16BrFN2O3. The molecule has 0 aromatic heterocycles. The summed E-state index contributed by atoms with van der Waals surface area (Å²) in [7, 11) is 0. The second-order valence-corrected chi connectivity index (χ2v) is 6.08. The molecule has 1 aromatic carbocycles. The van der Waals surface area contributed by atoms with Crippen molar-refractivity contribution >= 4 is 33.6 Å². The molecule has 114 valence electrons. The van der Waals surface area contributed by atoms with Crippen LogP contribution in [0.2, 0.25) is 0 Å². The summed E-state index contributed by atoms with van der Waals surface area (Å²) in [6, 6.07) is 2.28. The summed E-state index contributed by atoms with van der Waals surface area (Å²) < 4.78 is 13.6. The number of halogens is 2. The highest BCUT2D eigenvalue weighted by atomic mass is 79.9. The smallest absolute Gasteiger partial charge is 0.319 e. The Bertz CT molecular complexity index is 580. The highest BCUT2D eigenvalue weighted by Crippen LogP contribution is 2.26. The van der Waals surface area contributed by atoms with E-state index in [4.69, 9.17) is 5.11 Å².